The van der Waals surface area contributed by atoms with E-state index in [0.29, 0.717) is 29.6 Å². The molecule has 0 radical (unpaired) electrons. The van der Waals surface area contributed by atoms with Gasteiger partial charge < -0.3 is 14.3 Å². The van der Waals surface area contributed by atoms with Gasteiger partial charge in [-0.25, -0.2) is 4.39 Å². The summed E-state index contributed by atoms with van der Waals surface area (Å²) in [7, 11) is 1.62. The zero-order chi connectivity index (χ0) is 17.3. The van der Waals surface area contributed by atoms with Crippen LogP contribution in [0.3, 0.4) is 0 Å². The van der Waals surface area contributed by atoms with E-state index in [9.17, 15) is 9.50 Å². The third-order valence-corrected chi connectivity index (χ3v) is 4.35. The van der Waals surface area contributed by atoms with Crippen molar-refractivity contribution in [3.63, 3.8) is 0 Å². The van der Waals surface area contributed by atoms with Gasteiger partial charge in [-0.05, 0) is 42.7 Å². The van der Waals surface area contributed by atoms with E-state index in [-0.39, 0.29) is 11.3 Å². The van der Waals surface area contributed by atoms with Crippen LogP contribution in [0.25, 0.3) is 11.0 Å². The van der Waals surface area contributed by atoms with Crippen molar-refractivity contribution in [3.8, 4) is 11.5 Å². The monoisotopic (exact) mass is 328 g/mol. The molecule has 0 saturated heterocycles. The topological polar surface area (TPSA) is 42.6 Å². The second-order valence-electron chi connectivity index (χ2n) is 6.00. The first-order chi connectivity index (χ1) is 11.5. The van der Waals surface area contributed by atoms with Crippen LogP contribution in [-0.4, -0.2) is 12.2 Å². The maximum absolute atomic E-state index is 14.4. The molecule has 0 spiro atoms. The zero-order valence-corrected chi connectivity index (χ0v) is 14.1. The van der Waals surface area contributed by atoms with Crippen LogP contribution in [0.2, 0.25) is 0 Å². The average Bonchev–Trinajstić information content (AvgIpc) is 2.91. The number of hydrogen-bond acceptors (Lipinski definition) is 3. The van der Waals surface area contributed by atoms with E-state index >= 15 is 0 Å². The van der Waals surface area contributed by atoms with Crippen molar-refractivity contribution >= 4 is 11.0 Å². The van der Waals surface area contributed by atoms with E-state index in [4.69, 9.17) is 9.15 Å². The summed E-state index contributed by atoms with van der Waals surface area (Å²) < 4.78 is 25.2. The molecule has 126 valence electrons. The van der Waals surface area contributed by atoms with Crippen LogP contribution < -0.4 is 4.74 Å². The highest BCUT2D eigenvalue weighted by Gasteiger charge is 2.20. The largest absolute Gasteiger partial charge is 0.507 e. The molecular formula is C20H21FO3. The van der Waals surface area contributed by atoms with Crippen molar-refractivity contribution < 1.29 is 18.7 Å². The number of rotatable bonds is 5. The van der Waals surface area contributed by atoms with Crippen molar-refractivity contribution in [1.82, 2.24) is 0 Å². The number of phenols is 1. The molecule has 1 aromatic heterocycles. The number of hydrogen-bond donors (Lipinski definition) is 1. The number of aromatic hydroxyl groups is 1. The second kappa shape index (κ2) is 6.56. The zero-order valence-electron chi connectivity index (χ0n) is 14.1. The summed E-state index contributed by atoms with van der Waals surface area (Å²) in [6, 6.07) is 9.03. The fourth-order valence-corrected chi connectivity index (χ4v) is 3.02. The Bertz CT molecular complexity index is 863. The Morgan fingerprint density at radius 3 is 2.54 bits per heavy atom. The predicted molar refractivity (Wildman–Crippen MR) is 92.4 cm³/mol. The fourth-order valence-electron chi connectivity index (χ4n) is 3.02. The third-order valence-electron chi connectivity index (χ3n) is 4.35. The Morgan fingerprint density at radius 2 is 1.92 bits per heavy atom. The molecule has 3 nitrogen and oxygen atoms in total. The van der Waals surface area contributed by atoms with Gasteiger partial charge in [0.05, 0.1) is 12.5 Å². The molecule has 0 aliphatic heterocycles. The minimum absolute atomic E-state index is 0.133. The van der Waals surface area contributed by atoms with Crippen LogP contribution in [0, 0.1) is 12.7 Å². The van der Waals surface area contributed by atoms with Crippen molar-refractivity contribution in [2.45, 2.75) is 33.1 Å². The number of ether oxygens (including phenoxy) is 1. The van der Waals surface area contributed by atoms with E-state index < -0.39 is 5.82 Å². The van der Waals surface area contributed by atoms with Crippen molar-refractivity contribution in [2.24, 2.45) is 0 Å². The minimum atomic E-state index is -0.421. The predicted octanol–water partition coefficient (Wildman–Crippen LogP) is 5.14. The maximum Gasteiger partial charge on any atom is 0.173 e. The lowest BCUT2D eigenvalue weighted by Crippen LogP contribution is -1.90. The van der Waals surface area contributed by atoms with Gasteiger partial charge in [0.1, 0.15) is 17.3 Å². The SMILES string of the molecule is CCCc1cc(F)c2oc(Cc3ccc(OC)cc3)c(C)c2c1O. The van der Waals surface area contributed by atoms with Gasteiger partial charge in [0.2, 0.25) is 0 Å². The van der Waals surface area contributed by atoms with E-state index in [1.807, 2.05) is 38.1 Å². The van der Waals surface area contributed by atoms with Crippen LogP contribution >= 0.6 is 0 Å². The molecule has 3 rings (SSSR count). The fraction of sp³-hybridized carbons (Fsp3) is 0.300. The molecule has 1 N–H and O–H groups in total. The van der Waals surface area contributed by atoms with Crippen LogP contribution in [0.5, 0.6) is 11.5 Å². The summed E-state index contributed by atoms with van der Waals surface area (Å²) in [4.78, 5) is 0. The summed E-state index contributed by atoms with van der Waals surface area (Å²) in [5.41, 5.74) is 2.58. The number of fused-ring (bicyclic) bond motifs is 1. The number of phenolic OH excluding ortho intramolecular Hbond substituents is 1. The summed E-state index contributed by atoms with van der Waals surface area (Å²) in [5.74, 6) is 1.16. The Balaban J connectivity index is 2.04. The molecule has 0 aliphatic rings. The van der Waals surface area contributed by atoms with Crippen LogP contribution in [0.1, 0.15) is 35.8 Å². The first kappa shape index (κ1) is 16.4. The highest BCUT2D eigenvalue weighted by Crippen LogP contribution is 2.38. The first-order valence-corrected chi connectivity index (χ1v) is 8.10. The number of aryl methyl sites for hydroxylation is 2. The molecule has 0 amide bonds. The lowest BCUT2D eigenvalue weighted by molar-refractivity contribution is 0.414. The van der Waals surface area contributed by atoms with Crippen molar-refractivity contribution in [2.75, 3.05) is 7.11 Å². The van der Waals surface area contributed by atoms with E-state index in [2.05, 4.69) is 0 Å². The van der Waals surface area contributed by atoms with Gasteiger partial charge in [0.25, 0.3) is 0 Å². The summed E-state index contributed by atoms with van der Waals surface area (Å²) >= 11 is 0. The highest BCUT2D eigenvalue weighted by atomic mass is 19.1. The first-order valence-electron chi connectivity index (χ1n) is 8.10. The highest BCUT2D eigenvalue weighted by molar-refractivity contribution is 5.90. The van der Waals surface area contributed by atoms with Crippen LogP contribution in [0.4, 0.5) is 4.39 Å². The Hall–Kier alpha value is -2.49. The van der Waals surface area contributed by atoms with Crippen molar-refractivity contribution in [3.05, 3.63) is 58.6 Å². The molecular weight excluding hydrogens is 307 g/mol. The molecule has 0 fully saturated rings. The maximum atomic E-state index is 14.4. The number of methoxy groups -OCH3 is 1. The molecule has 3 aromatic rings. The minimum Gasteiger partial charge on any atom is -0.507 e. The van der Waals surface area contributed by atoms with Gasteiger partial charge in [-0.2, -0.15) is 0 Å². The standard InChI is InChI=1S/C20H21FO3/c1-4-5-14-11-16(21)20-18(19(14)22)12(2)17(24-20)10-13-6-8-15(23-3)9-7-13/h6-9,11,22H,4-5,10H2,1-3H3. The van der Waals surface area contributed by atoms with Gasteiger partial charge in [0, 0.05) is 12.0 Å². The lowest BCUT2D eigenvalue weighted by atomic mass is 10.0. The van der Waals surface area contributed by atoms with Crippen LogP contribution in [-0.2, 0) is 12.8 Å². The number of furan rings is 1. The average molecular weight is 328 g/mol. The van der Waals surface area contributed by atoms with E-state index in [1.54, 1.807) is 7.11 Å². The normalized spacial score (nSPS) is 11.2. The second-order valence-corrected chi connectivity index (χ2v) is 6.00. The van der Waals surface area contributed by atoms with Gasteiger partial charge in [-0.3, -0.25) is 0 Å². The van der Waals surface area contributed by atoms with Gasteiger partial charge in [-0.15, -0.1) is 0 Å². The molecule has 24 heavy (non-hydrogen) atoms. The molecule has 4 heteroatoms. The number of halogens is 1. The van der Waals surface area contributed by atoms with Crippen molar-refractivity contribution in [1.29, 1.82) is 0 Å². The Labute approximate surface area is 140 Å². The molecule has 0 saturated carbocycles. The quantitative estimate of drug-likeness (QED) is 0.705. The van der Waals surface area contributed by atoms with Gasteiger partial charge in [-0.1, -0.05) is 25.5 Å². The Morgan fingerprint density at radius 1 is 1.21 bits per heavy atom. The molecule has 1 heterocycles. The summed E-state index contributed by atoms with van der Waals surface area (Å²) in [6.07, 6.45) is 2.01. The third kappa shape index (κ3) is 2.84. The lowest BCUT2D eigenvalue weighted by Gasteiger charge is -2.05. The van der Waals surface area contributed by atoms with E-state index in [0.717, 1.165) is 23.3 Å². The summed E-state index contributed by atoms with van der Waals surface area (Å²) in [5, 5.41) is 11.0. The molecule has 0 unspecified atom stereocenters. The molecule has 2 aromatic carbocycles. The van der Waals surface area contributed by atoms with Gasteiger partial charge >= 0.3 is 0 Å². The number of benzene rings is 2. The summed E-state index contributed by atoms with van der Waals surface area (Å²) in [6.45, 7) is 3.86. The van der Waals surface area contributed by atoms with Gasteiger partial charge in [0.15, 0.2) is 11.4 Å². The molecule has 0 atom stereocenters. The Kier molecular flexibility index (Phi) is 4.47. The van der Waals surface area contributed by atoms with Crippen LogP contribution in [0.15, 0.2) is 34.7 Å². The molecule has 0 bridgehead atoms. The molecule has 0 aliphatic carbocycles. The van der Waals surface area contributed by atoms with E-state index in [1.165, 1.54) is 6.07 Å². The smallest absolute Gasteiger partial charge is 0.173 e.